The Balaban J connectivity index is 3.12. The van der Waals surface area contributed by atoms with E-state index in [1.165, 1.54) is 11.3 Å². The van der Waals surface area contributed by atoms with Gasteiger partial charge in [-0.2, -0.15) is 0 Å². The van der Waals surface area contributed by atoms with Gasteiger partial charge in [-0.3, -0.25) is 0 Å². The van der Waals surface area contributed by atoms with E-state index in [0.717, 1.165) is 4.88 Å². The lowest BCUT2D eigenvalue weighted by Crippen LogP contribution is -2.40. The van der Waals surface area contributed by atoms with Crippen LogP contribution in [0.3, 0.4) is 0 Å². The zero-order valence-electron chi connectivity index (χ0n) is 9.37. The Labute approximate surface area is 108 Å². The van der Waals surface area contributed by atoms with Gasteiger partial charge in [-0.15, -0.1) is 11.3 Å². The second kappa shape index (κ2) is 4.73. The van der Waals surface area contributed by atoms with E-state index in [9.17, 15) is 8.42 Å². The molecule has 16 heavy (non-hydrogen) atoms. The van der Waals surface area contributed by atoms with E-state index in [2.05, 4.69) is 20.7 Å². The highest BCUT2D eigenvalue weighted by atomic mass is 79.9. The summed E-state index contributed by atoms with van der Waals surface area (Å²) in [6.07, 6.45) is 0. The number of nitrogens with one attached hydrogen (secondary N) is 1. The van der Waals surface area contributed by atoms with Crippen LogP contribution in [0.1, 0.15) is 25.6 Å². The normalized spacial score (nSPS) is 13.1. The topological polar surface area (TPSA) is 72.2 Å². The maximum Gasteiger partial charge on any atom is 0.243 e. The highest BCUT2D eigenvalue weighted by Crippen LogP contribution is 2.31. The number of rotatable bonds is 3. The van der Waals surface area contributed by atoms with Gasteiger partial charge < -0.3 is 5.73 Å². The minimum absolute atomic E-state index is 0.257. The van der Waals surface area contributed by atoms with Gasteiger partial charge in [0.05, 0.1) is 3.79 Å². The SMILES string of the molecule is CC(C)(C)NS(=O)(=O)c1cc(CN)sc1Br. The second-order valence-corrected chi connectivity index (χ2v) is 8.52. The van der Waals surface area contributed by atoms with E-state index in [-0.39, 0.29) is 4.90 Å². The van der Waals surface area contributed by atoms with Gasteiger partial charge in [-0.1, -0.05) is 0 Å². The summed E-state index contributed by atoms with van der Waals surface area (Å²) < 4.78 is 27.2. The standard InChI is InChI=1S/C9H15BrN2O2S2/c1-9(2,3)12-16(13,14)7-4-6(5-11)15-8(7)10/h4,12H,5,11H2,1-3H3. The van der Waals surface area contributed by atoms with Crippen LogP contribution in [0.5, 0.6) is 0 Å². The number of hydrogen-bond donors (Lipinski definition) is 2. The molecule has 0 amide bonds. The predicted octanol–water partition coefficient (Wildman–Crippen LogP) is 2.05. The molecule has 0 aliphatic carbocycles. The molecule has 0 spiro atoms. The molecule has 0 unspecified atom stereocenters. The fraction of sp³-hybridized carbons (Fsp3) is 0.556. The summed E-state index contributed by atoms with van der Waals surface area (Å²) in [5.41, 5.74) is 4.98. The predicted molar refractivity (Wildman–Crippen MR) is 70.0 cm³/mol. The Morgan fingerprint density at radius 1 is 1.50 bits per heavy atom. The summed E-state index contributed by atoms with van der Waals surface area (Å²) in [4.78, 5) is 1.09. The minimum Gasteiger partial charge on any atom is -0.326 e. The Bertz CT molecular complexity index is 474. The van der Waals surface area contributed by atoms with Gasteiger partial charge in [0.1, 0.15) is 4.90 Å². The van der Waals surface area contributed by atoms with Crippen LogP contribution >= 0.6 is 27.3 Å². The molecule has 4 nitrogen and oxygen atoms in total. The van der Waals surface area contributed by atoms with E-state index in [4.69, 9.17) is 5.73 Å². The summed E-state index contributed by atoms with van der Waals surface area (Å²) in [5, 5.41) is 0. The van der Waals surface area contributed by atoms with Crippen LogP contribution in [0.25, 0.3) is 0 Å². The van der Waals surface area contributed by atoms with Crippen molar-refractivity contribution in [3.05, 3.63) is 14.7 Å². The molecule has 92 valence electrons. The van der Waals surface area contributed by atoms with E-state index >= 15 is 0 Å². The number of halogens is 1. The molecule has 0 aliphatic rings. The van der Waals surface area contributed by atoms with Gasteiger partial charge in [-0.05, 0) is 42.8 Å². The molecule has 1 heterocycles. The van der Waals surface area contributed by atoms with Crippen LogP contribution in [0.4, 0.5) is 0 Å². The van der Waals surface area contributed by atoms with E-state index in [0.29, 0.717) is 10.3 Å². The molecule has 7 heteroatoms. The zero-order valence-corrected chi connectivity index (χ0v) is 12.6. The Morgan fingerprint density at radius 2 is 2.06 bits per heavy atom. The third-order valence-electron chi connectivity index (χ3n) is 1.64. The van der Waals surface area contributed by atoms with Gasteiger partial charge in [0, 0.05) is 17.0 Å². The highest BCUT2D eigenvalue weighted by molar-refractivity contribution is 9.11. The fourth-order valence-corrected chi connectivity index (χ4v) is 5.12. The van der Waals surface area contributed by atoms with Gasteiger partial charge >= 0.3 is 0 Å². The van der Waals surface area contributed by atoms with Crippen LogP contribution in [0.2, 0.25) is 0 Å². The van der Waals surface area contributed by atoms with Crippen molar-refractivity contribution in [2.45, 2.75) is 37.8 Å². The van der Waals surface area contributed by atoms with Crippen LogP contribution in [0.15, 0.2) is 14.7 Å². The summed E-state index contributed by atoms with van der Waals surface area (Å²) >= 11 is 4.58. The Hall–Kier alpha value is 0.0500. The van der Waals surface area contributed by atoms with Crippen molar-refractivity contribution in [1.29, 1.82) is 0 Å². The maximum atomic E-state index is 12.0. The summed E-state index contributed by atoms with van der Waals surface area (Å²) in [7, 11) is -3.48. The lowest BCUT2D eigenvalue weighted by atomic mass is 10.1. The fourth-order valence-electron chi connectivity index (χ4n) is 1.14. The van der Waals surface area contributed by atoms with Crippen molar-refractivity contribution in [3.8, 4) is 0 Å². The van der Waals surface area contributed by atoms with Gasteiger partial charge in [0.2, 0.25) is 10.0 Å². The van der Waals surface area contributed by atoms with Crippen LogP contribution in [-0.4, -0.2) is 14.0 Å². The van der Waals surface area contributed by atoms with Gasteiger partial charge in [-0.25, -0.2) is 13.1 Å². The average molecular weight is 327 g/mol. The number of nitrogens with two attached hydrogens (primary N) is 1. The first kappa shape index (κ1) is 14.1. The highest BCUT2D eigenvalue weighted by Gasteiger charge is 2.25. The molecule has 0 atom stereocenters. The summed E-state index contributed by atoms with van der Waals surface area (Å²) in [6, 6.07) is 1.60. The molecule has 0 fully saturated rings. The average Bonchev–Trinajstić information content (AvgIpc) is 2.43. The molecular formula is C9H15BrN2O2S2. The Morgan fingerprint density at radius 3 is 2.44 bits per heavy atom. The lowest BCUT2D eigenvalue weighted by molar-refractivity contribution is 0.491. The first-order valence-corrected chi connectivity index (χ1v) is 7.77. The van der Waals surface area contributed by atoms with Crippen molar-refractivity contribution in [2.75, 3.05) is 0 Å². The maximum absolute atomic E-state index is 12.0. The van der Waals surface area contributed by atoms with Crippen LogP contribution in [-0.2, 0) is 16.6 Å². The minimum atomic E-state index is -3.48. The monoisotopic (exact) mass is 326 g/mol. The van der Waals surface area contributed by atoms with Crippen molar-refractivity contribution < 1.29 is 8.42 Å². The smallest absolute Gasteiger partial charge is 0.243 e. The quantitative estimate of drug-likeness (QED) is 0.892. The molecule has 0 aromatic carbocycles. The molecule has 1 aromatic rings. The molecule has 0 bridgehead atoms. The van der Waals surface area contributed by atoms with Gasteiger partial charge in [0.15, 0.2) is 0 Å². The Kier molecular flexibility index (Phi) is 4.18. The molecule has 3 N–H and O–H groups in total. The lowest BCUT2D eigenvalue weighted by Gasteiger charge is -2.19. The molecule has 1 rings (SSSR count). The molecule has 0 saturated carbocycles. The summed E-state index contributed by atoms with van der Waals surface area (Å²) in [6.45, 7) is 5.74. The van der Waals surface area contributed by atoms with E-state index in [1.54, 1.807) is 26.8 Å². The first-order chi connectivity index (χ1) is 7.15. The molecular weight excluding hydrogens is 312 g/mol. The van der Waals surface area contributed by atoms with Crippen LogP contribution < -0.4 is 10.5 Å². The molecule has 0 saturated heterocycles. The van der Waals surface area contributed by atoms with E-state index in [1.807, 2.05) is 0 Å². The molecule has 0 aliphatic heterocycles. The van der Waals surface area contributed by atoms with Crippen molar-refractivity contribution >= 4 is 37.3 Å². The zero-order chi connectivity index (χ0) is 12.6. The van der Waals surface area contributed by atoms with Crippen molar-refractivity contribution in [1.82, 2.24) is 4.72 Å². The van der Waals surface area contributed by atoms with Crippen molar-refractivity contribution in [3.63, 3.8) is 0 Å². The summed E-state index contributed by atoms with van der Waals surface area (Å²) in [5.74, 6) is 0. The van der Waals surface area contributed by atoms with Crippen LogP contribution in [0, 0.1) is 0 Å². The van der Waals surface area contributed by atoms with E-state index < -0.39 is 15.6 Å². The largest absolute Gasteiger partial charge is 0.326 e. The number of hydrogen-bond acceptors (Lipinski definition) is 4. The number of thiophene rings is 1. The van der Waals surface area contributed by atoms with Gasteiger partial charge in [0.25, 0.3) is 0 Å². The first-order valence-electron chi connectivity index (χ1n) is 4.68. The third kappa shape index (κ3) is 3.53. The molecule has 1 aromatic heterocycles. The van der Waals surface area contributed by atoms with Crippen molar-refractivity contribution in [2.24, 2.45) is 5.73 Å². The number of sulfonamides is 1. The third-order valence-corrected chi connectivity index (χ3v) is 5.67. The molecule has 0 radical (unpaired) electrons. The second-order valence-electron chi connectivity index (χ2n) is 4.41.